The molecule has 7 heteroatoms. The first kappa shape index (κ1) is 16.8. The zero-order valence-electron chi connectivity index (χ0n) is 15.3. The molecule has 3 heterocycles. The molecule has 3 aromatic heterocycles. The monoisotopic (exact) mass is 352 g/mol. The summed E-state index contributed by atoms with van der Waals surface area (Å²) in [7, 11) is 0. The third kappa shape index (κ3) is 3.21. The first-order valence-electron chi connectivity index (χ1n) is 9.40. The number of fused-ring (bicyclic) bond motifs is 1. The number of pyridine rings is 1. The Morgan fingerprint density at radius 1 is 1.27 bits per heavy atom. The minimum Gasteiger partial charge on any atom is -0.305 e. The third-order valence-electron chi connectivity index (χ3n) is 4.64. The molecule has 0 radical (unpaired) electrons. The number of amides is 1. The smallest absolute Gasteiger partial charge is 0.257 e. The van der Waals surface area contributed by atoms with Gasteiger partial charge in [0.05, 0.1) is 17.1 Å². The summed E-state index contributed by atoms with van der Waals surface area (Å²) >= 11 is 0. The maximum Gasteiger partial charge on any atom is 0.257 e. The molecule has 136 valence electrons. The van der Waals surface area contributed by atoms with E-state index in [2.05, 4.69) is 29.4 Å². The normalized spacial score (nSPS) is 14.1. The average Bonchev–Trinajstić information content (AvgIpc) is 3.28. The average molecular weight is 352 g/mol. The van der Waals surface area contributed by atoms with Crippen molar-refractivity contribution in [2.24, 2.45) is 0 Å². The number of nitrogens with zero attached hydrogens (tertiary/aromatic N) is 5. The lowest BCUT2D eigenvalue weighted by atomic mass is 10.1. The van der Waals surface area contributed by atoms with Crippen LogP contribution in [0.1, 0.15) is 61.5 Å². The Kier molecular flexibility index (Phi) is 4.44. The molecule has 7 nitrogen and oxygen atoms in total. The van der Waals surface area contributed by atoms with Gasteiger partial charge in [0.25, 0.3) is 5.91 Å². The molecular formula is C19H24N6O. The van der Waals surface area contributed by atoms with Crippen molar-refractivity contribution in [2.75, 3.05) is 5.32 Å². The molecular weight excluding hydrogens is 328 g/mol. The van der Waals surface area contributed by atoms with E-state index in [-0.39, 0.29) is 5.91 Å². The van der Waals surface area contributed by atoms with Crippen molar-refractivity contribution in [3.63, 3.8) is 0 Å². The summed E-state index contributed by atoms with van der Waals surface area (Å²) in [6.07, 6.45) is 7.89. The Morgan fingerprint density at radius 2 is 2.08 bits per heavy atom. The first-order chi connectivity index (χ1) is 12.7. The van der Waals surface area contributed by atoms with Crippen LogP contribution < -0.4 is 5.32 Å². The maximum absolute atomic E-state index is 12.9. The highest BCUT2D eigenvalue weighted by atomic mass is 16.1. The van der Waals surface area contributed by atoms with Crippen molar-refractivity contribution < 1.29 is 4.79 Å². The van der Waals surface area contributed by atoms with Gasteiger partial charge in [0.2, 0.25) is 0 Å². The van der Waals surface area contributed by atoms with E-state index >= 15 is 0 Å². The van der Waals surface area contributed by atoms with Gasteiger partial charge in [-0.1, -0.05) is 13.8 Å². The van der Waals surface area contributed by atoms with Crippen molar-refractivity contribution in [3.8, 4) is 0 Å². The van der Waals surface area contributed by atoms with Crippen LogP contribution in [0.25, 0.3) is 11.0 Å². The molecule has 1 fully saturated rings. The number of rotatable bonds is 7. The zero-order valence-corrected chi connectivity index (χ0v) is 15.3. The molecule has 3 aromatic rings. The van der Waals surface area contributed by atoms with Gasteiger partial charge < -0.3 is 5.32 Å². The highest BCUT2D eigenvalue weighted by molar-refractivity contribution is 6.11. The van der Waals surface area contributed by atoms with Gasteiger partial charge in [-0.2, -0.15) is 10.2 Å². The van der Waals surface area contributed by atoms with Crippen LogP contribution in [0.15, 0.2) is 24.5 Å². The summed E-state index contributed by atoms with van der Waals surface area (Å²) in [6.45, 7) is 5.84. The summed E-state index contributed by atoms with van der Waals surface area (Å²) in [4.78, 5) is 17.7. The molecule has 1 saturated carbocycles. The van der Waals surface area contributed by atoms with Gasteiger partial charge in [0.1, 0.15) is 0 Å². The Morgan fingerprint density at radius 3 is 2.81 bits per heavy atom. The molecule has 0 spiro atoms. The van der Waals surface area contributed by atoms with Crippen molar-refractivity contribution in [1.82, 2.24) is 24.5 Å². The molecule has 4 rings (SSSR count). The first-order valence-corrected chi connectivity index (χ1v) is 9.40. The highest BCUT2D eigenvalue weighted by Gasteiger charge is 2.28. The Balaban J connectivity index is 1.68. The molecule has 1 aliphatic rings. The molecule has 26 heavy (non-hydrogen) atoms. The van der Waals surface area contributed by atoms with Gasteiger partial charge in [-0.15, -0.1) is 0 Å². The maximum atomic E-state index is 12.9. The lowest BCUT2D eigenvalue weighted by Gasteiger charge is -2.08. The van der Waals surface area contributed by atoms with Gasteiger partial charge in [-0.3, -0.25) is 9.48 Å². The number of aryl methyl sites for hydroxylation is 2. The molecule has 0 aromatic carbocycles. The van der Waals surface area contributed by atoms with Crippen LogP contribution in [0.4, 0.5) is 5.82 Å². The fourth-order valence-corrected chi connectivity index (χ4v) is 3.18. The van der Waals surface area contributed by atoms with Crippen molar-refractivity contribution in [1.29, 1.82) is 0 Å². The minimum atomic E-state index is -0.155. The van der Waals surface area contributed by atoms with Crippen LogP contribution in [0.2, 0.25) is 0 Å². The standard InChI is InChI=1S/C19H24N6O/c1-3-8-24-10-7-17(23-24)22-19(26)14-11-16(13-5-6-13)21-18-15(14)12-20-25(18)9-4-2/h7,10-13H,3-6,8-9H2,1-2H3,(H,22,23,26). The molecule has 0 bridgehead atoms. The molecule has 0 unspecified atom stereocenters. The number of hydrogen-bond acceptors (Lipinski definition) is 4. The summed E-state index contributed by atoms with van der Waals surface area (Å²) in [5.74, 6) is 0.888. The van der Waals surface area contributed by atoms with Crippen molar-refractivity contribution >= 4 is 22.8 Å². The number of carbonyl (C=O) groups is 1. The van der Waals surface area contributed by atoms with E-state index in [1.165, 1.54) is 0 Å². The second kappa shape index (κ2) is 6.90. The molecule has 1 amide bonds. The fraction of sp³-hybridized carbons (Fsp3) is 0.474. The fourth-order valence-electron chi connectivity index (χ4n) is 3.18. The zero-order chi connectivity index (χ0) is 18.1. The highest BCUT2D eigenvalue weighted by Crippen LogP contribution is 2.40. The quantitative estimate of drug-likeness (QED) is 0.705. The number of nitrogens with one attached hydrogen (secondary N) is 1. The van der Waals surface area contributed by atoms with Gasteiger partial charge in [-0.05, 0) is 31.7 Å². The summed E-state index contributed by atoms with van der Waals surface area (Å²) in [5.41, 5.74) is 2.43. The van der Waals surface area contributed by atoms with E-state index in [0.717, 1.165) is 55.5 Å². The van der Waals surface area contributed by atoms with Crippen LogP contribution in [-0.2, 0) is 13.1 Å². The predicted molar refractivity (Wildman–Crippen MR) is 100 cm³/mol. The van der Waals surface area contributed by atoms with Crippen LogP contribution in [0, 0.1) is 0 Å². The molecule has 1 N–H and O–H groups in total. The molecule has 0 atom stereocenters. The lowest BCUT2D eigenvalue weighted by molar-refractivity contribution is 0.102. The third-order valence-corrected chi connectivity index (χ3v) is 4.64. The number of aromatic nitrogens is 5. The van der Waals surface area contributed by atoms with Crippen LogP contribution in [0.3, 0.4) is 0 Å². The van der Waals surface area contributed by atoms with Crippen molar-refractivity contribution in [2.45, 2.75) is 58.5 Å². The lowest BCUT2D eigenvalue weighted by Crippen LogP contribution is -2.14. The summed E-state index contributed by atoms with van der Waals surface area (Å²) in [6, 6.07) is 3.75. The summed E-state index contributed by atoms with van der Waals surface area (Å²) in [5, 5.41) is 12.6. The second-order valence-corrected chi connectivity index (χ2v) is 6.89. The van der Waals surface area contributed by atoms with Crippen LogP contribution in [-0.4, -0.2) is 30.5 Å². The van der Waals surface area contributed by atoms with Crippen molar-refractivity contribution in [3.05, 3.63) is 35.8 Å². The van der Waals surface area contributed by atoms with E-state index in [4.69, 9.17) is 4.98 Å². The van der Waals surface area contributed by atoms with Gasteiger partial charge in [-0.25, -0.2) is 9.67 Å². The number of hydrogen-bond donors (Lipinski definition) is 1. The second-order valence-electron chi connectivity index (χ2n) is 6.89. The largest absolute Gasteiger partial charge is 0.305 e. The topological polar surface area (TPSA) is 77.6 Å². The van der Waals surface area contributed by atoms with E-state index in [9.17, 15) is 4.79 Å². The molecule has 0 saturated heterocycles. The number of anilines is 1. The van der Waals surface area contributed by atoms with E-state index in [0.29, 0.717) is 17.3 Å². The van der Waals surface area contributed by atoms with Crippen LogP contribution >= 0.6 is 0 Å². The van der Waals surface area contributed by atoms with Gasteiger partial charge in [0.15, 0.2) is 11.5 Å². The minimum absolute atomic E-state index is 0.155. The van der Waals surface area contributed by atoms with E-state index in [1.807, 2.05) is 27.7 Å². The Hall–Kier alpha value is -2.70. The number of carbonyl (C=O) groups excluding carboxylic acids is 1. The Labute approximate surface area is 152 Å². The van der Waals surface area contributed by atoms with Gasteiger partial charge in [0, 0.05) is 37.0 Å². The summed E-state index contributed by atoms with van der Waals surface area (Å²) < 4.78 is 3.74. The molecule has 0 aliphatic heterocycles. The van der Waals surface area contributed by atoms with Crippen LogP contribution in [0.5, 0.6) is 0 Å². The molecule has 1 aliphatic carbocycles. The van der Waals surface area contributed by atoms with E-state index < -0.39 is 0 Å². The Bertz CT molecular complexity index is 937. The SMILES string of the molecule is CCCn1ccc(NC(=O)c2cc(C3CC3)nc3c2cnn3CCC)n1. The van der Waals surface area contributed by atoms with Gasteiger partial charge >= 0.3 is 0 Å². The predicted octanol–water partition coefficient (Wildman–Crippen LogP) is 3.58. The van der Waals surface area contributed by atoms with E-state index in [1.54, 1.807) is 6.20 Å².